The molecular formula is C45H58O10Si2. The van der Waals surface area contributed by atoms with Crippen LogP contribution < -0.4 is 10.4 Å². The smallest absolute Gasteiger partial charge is 0.303 e. The van der Waals surface area contributed by atoms with Gasteiger partial charge in [0.1, 0.15) is 18.3 Å². The number of hydrogen-bond donors (Lipinski definition) is 0. The van der Waals surface area contributed by atoms with Crippen molar-refractivity contribution in [2.75, 3.05) is 20.0 Å². The zero-order valence-corrected chi connectivity index (χ0v) is 36.3. The molecule has 0 saturated carbocycles. The molecule has 0 aromatic heterocycles. The summed E-state index contributed by atoms with van der Waals surface area (Å²) in [6.45, 7) is 15.4. The molecule has 0 spiro atoms. The first kappa shape index (κ1) is 43.1. The van der Waals surface area contributed by atoms with Crippen LogP contribution in [0.5, 0.6) is 0 Å². The summed E-state index contributed by atoms with van der Waals surface area (Å²) < 4.78 is 47.7. The van der Waals surface area contributed by atoms with Gasteiger partial charge >= 0.3 is 5.97 Å². The molecule has 12 heteroatoms. The lowest BCUT2D eigenvalue weighted by molar-refractivity contribution is -0.399. The van der Waals surface area contributed by atoms with Gasteiger partial charge in [0.25, 0.3) is 8.32 Å². The largest absolute Gasteiger partial charge is 0.448 e. The molecule has 10 nitrogen and oxygen atoms in total. The highest BCUT2D eigenvalue weighted by Crippen LogP contribution is 2.45. The van der Waals surface area contributed by atoms with Gasteiger partial charge in [0.2, 0.25) is 11.9 Å². The Hall–Kier alpha value is -3.54. The molecule has 2 heterocycles. The highest BCUT2D eigenvalue weighted by atomic mass is 28.4. The second kappa shape index (κ2) is 19.0. The van der Waals surface area contributed by atoms with E-state index in [1.807, 2.05) is 97.1 Å². The summed E-state index contributed by atoms with van der Waals surface area (Å²) in [6.07, 6.45) is -5.27. The van der Waals surface area contributed by atoms with Gasteiger partial charge in [0.05, 0.1) is 19.8 Å². The Kier molecular flexibility index (Phi) is 14.4. The molecular weight excluding hydrogens is 757 g/mol. The van der Waals surface area contributed by atoms with Gasteiger partial charge in [-0.3, -0.25) is 4.79 Å². The van der Waals surface area contributed by atoms with Crippen molar-refractivity contribution < 1.29 is 47.4 Å². The highest BCUT2D eigenvalue weighted by Gasteiger charge is 2.68. The molecule has 0 radical (unpaired) electrons. The van der Waals surface area contributed by atoms with Crippen molar-refractivity contribution in [2.24, 2.45) is 0 Å². The first-order valence-corrected chi connectivity index (χ1v) is 25.4. The average Bonchev–Trinajstić information content (AvgIpc) is 3.74. The van der Waals surface area contributed by atoms with Crippen molar-refractivity contribution in [3.63, 3.8) is 0 Å². The Morgan fingerprint density at radius 1 is 0.754 bits per heavy atom. The molecule has 0 aliphatic carbocycles. The van der Waals surface area contributed by atoms with Gasteiger partial charge in [-0.05, 0) is 32.6 Å². The molecule has 4 aromatic rings. The minimum absolute atomic E-state index is 0.0474. The maximum atomic E-state index is 13.5. The van der Waals surface area contributed by atoms with E-state index in [1.54, 1.807) is 0 Å². The van der Waals surface area contributed by atoms with E-state index in [4.69, 9.17) is 42.6 Å². The lowest BCUT2D eigenvalue weighted by Gasteiger charge is -2.54. The van der Waals surface area contributed by atoms with Gasteiger partial charge in [-0.25, -0.2) is 4.89 Å². The minimum Gasteiger partial charge on any atom is -0.448 e. The average molecular weight is 815 g/mol. The number of benzene rings is 4. The van der Waals surface area contributed by atoms with Gasteiger partial charge in [0, 0.05) is 21.6 Å². The van der Waals surface area contributed by atoms with Crippen LogP contribution in [0.3, 0.4) is 0 Å². The number of carbonyl (C=O) groups is 1. The van der Waals surface area contributed by atoms with E-state index in [1.165, 1.54) is 6.92 Å². The van der Waals surface area contributed by atoms with Crippen molar-refractivity contribution in [3.8, 4) is 0 Å². The van der Waals surface area contributed by atoms with Crippen LogP contribution >= 0.6 is 0 Å². The number of esters is 1. The highest BCUT2D eigenvalue weighted by molar-refractivity contribution is 6.99. The van der Waals surface area contributed by atoms with Crippen LogP contribution in [-0.2, 0) is 60.6 Å². The van der Waals surface area contributed by atoms with Gasteiger partial charge in [-0.1, -0.05) is 162 Å². The molecule has 6 atom stereocenters. The van der Waals surface area contributed by atoms with Gasteiger partial charge in [-0.15, -0.1) is 0 Å². The number of ether oxygens (including phenoxy) is 6. The van der Waals surface area contributed by atoms with E-state index in [0.29, 0.717) is 6.61 Å². The number of carbonyl (C=O) groups excluding carboxylic acids is 1. The monoisotopic (exact) mass is 814 g/mol. The zero-order valence-electron chi connectivity index (χ0n) is 34.3. The Balaban J connectivity index is 1.50. The Morgan fingerprint density at radius 2 is 1.28 bits per heavy atom. The van der Waals surface area contributed by atoms with Gasteiger partial charge in [0.15, 0.2) is 13.1 Å². The molecule has 4 aromatic carbocycles. The number of rotatable bonds is 17. The van der Waals surface area contributed by atoms with Crippen molar-refractivity contribution in [1.29, 1.82) is 0 Å². The molecule has 0 bridgehead atoms. The molecule has 1 unspecified atom stereocenters. The summed E-state index contributed by atoms with van der Waals surface area (Å²) in [5.41, 5.74) is 0.0399. The molecule has 0 N–H and O–H groups in total. The van der Waals surface area contributed by atoms with Crippen LogP contribution in [0.25, 0.3) is 0 Å². The molecule has 57 heavy (non-hydrogen) atoms. The van der Waals surface area contributed by atoms with Crippen molar-refractivity contribution in [1.82, 2.24) is 0 Å². The summed E-state index contributed by atoms with van der Waals surface area (Å²) in [5.74, 6) is -0.596. The fourth-order valence-corrected chi connectivity index (χ4v) is 13.0. The maximum Gasteiger partial charge on any atom is 0.303 e. The molecule has 2 saturated heterocycles. The molecule has 2 aliphatic rings. The topological polar surface area (TPSA) is 100 Å². The van der Waals surface area contributed by atoms with Gasteiger partial charge in [-0.2, -0.15) is 4.89 Å². The summed E-state index contributed by atoms with van der Waals surface area (Å²) >= 11 is 0. The molecule has 0 amide bonds. The normalized spacial score (nSPS) is 24.3. The Morgan fingerprint density at radius 3 is 1.75 bits per heavy atom. The third-order valence-corrected chi connectivity index (χ3v) is 17.2. The zero-order chi connectivity index (χ0) is 40.5. The minimum atomic E-state index is -3.16. The van der Waals surface area contributed by atoms with E-state index >= 15 is 0 Å². The fraction of sp³-hybridized carbons (Fsp3) is 0.444. The van der Waals surface area contributed by atoms with Crippen LogP contribution in [0.1, 0.15) is 38.8 Å². The second-order valence-corrected chi connectivity index (χ2v) is 26.8. The SMILES string of the molecule is CC(=O)O[C@]1(C2OCOO2)[C@H](OCc2ccccc2)[C@@H](OCc2ccccc2)[C@H](OCC[Si](C)(C)C)O[C@@H]1CO[Si](c1ccccc1)(c1ccccc1)C(C)(C)C. The lowest BCUT2D eigenvalue weighted by Crippen LogP contribution is -2.75. The predicted molar refractivity (Wildman–Crippen MR) is 223 cm³/mol. The van der Waals surface area contributed by atoms with E-state index in [-0.39, 0.29) is 31.7 Å². The third kappa shape index (κ3) is 10.2. The molecule has 306 valence electrons. The maximum absolute atomic E-state index is 13.5. The summed E-state index contributed by atoms with van der Waals surface area (Å²) in [7, 11) is -4.69. The van der Waals surface area contributed by atoms with E-state index in [0.717, 1.165) is 27.5 Å². The Labute approximate surface area is 339 Å². The molecule has 2 aliphatic heterocycles. The molecule has 2 fully saturated rings. The first-order chi connectivity index (χ1) is 27.3. The summed E-state index contributed by atoms with van der Waals surface area (Å²) in [4.78, 5) is 24.7. The van der Waals surface area contributed by atoms with Crippen LogP contribution in [0.15, 0.2) is 121 Å². The third-order valence-electron chi connectivity index (χ3n) is 10.5. The van der Waals surface area contributed by atoms with Gasteiger partial charge < -0.3 is 32.8 Å². The predicted octanol–water partition coefficient (Wildman–Crippen LogP) is 7.38. The van der Waals surface area contributed by atoms with Crippen LogP contribution in [0.2, 0.25) is 30.7 Å². The quantitative estimate of drug-likeness (QED) is 0.0611. The van der Waals surface area contributed by atoms with Crippen molar-refractivity contribution in [3.05, 3.63) is 132 Å². The van der Waals surface area contributed by atoms with E-state index in [9.17, 15) is 4.79 Å². The van der Waals surface area contributed by atoms with Crippen LogP contribution in [0.4, 0.5) is 0 Å². The first-order valence-electron chi connectivity index (χ1n) is 19.8. The standard InChI is InChI=1S/C45H58O10Si2/c1-34(46)54-45(43-50-33-51-55-43)39(32-52-57(44(2,3)4,37-24-16-10-17-25-37)38-26-18-11-19-27-38)53-42(47-28-29-56(5,6)7)40(48-30-35-20-12-8-13-21-35)41(45)49-31-36-22-14-9-15-23-36/h8-27,39-43H,28-33H2,1-7H3/t39-,40-,41-,42-,43?,45+/m1/s1. The van der Waals surface area contributed by atoms with E-state index in [2.05, 4.69) is 64.7 Å². The van der Waals surface area contributed by atoms with Crippen molar-refractivity contribution >= 4 is 32.7 Å². The summed E-state index contributed by atoms with van der Waals surface area (Å²) in [6, 6.07) is 41.2. The van der Waals surface area contributed by atoms with Crippen LogP contribution in [0, 0.1) is 0 Å². The Bertz CT molecular complexity index is 1780. The fourth-order valence-electron chi connectivity index (χ4n) is 7.71. The second-order valence-electron chi connectivity index (χ2n) is 16.9. The van der Waals surface area contributed by atoms with Crippen LogP contribution in [-0.4, -0.2) is 78.9 Å². The lowest BCUT2D eigenvalue weighted by atomic mass is 9.82. The number of hydrogen-bond acceptors (Lipinski definition) is 10. The van der Waals surface area contributed by atoms with Crippen molar-refractivity contribution in [2.45, 2.75) is 108 Å². The van der Waals surface area contributed by atoms with E-state index < -0.39 is 58.9 Å². The summed E-state index contributed by atoms with van der Waals surface area (Å²) in [5, 5.41) is 1.80. The molecule has 6 rings (SSSR count).